The van der Waals surface area contributed by atoms with Gasteiger partial charge in [0.25, 0.3) is 0 Å². The highest BCUT2D eigenvalue weighted by atomic mass is 79.9. The summed E-state index contributed by atoms with van der Waals surface area (Å²) in [5.41, 5.74) is 8.59. The van der Waals surface area contributed by atoms with E-state index in [9.17, 15) is 0 Å². The maximum Gasteiger partial charge on any atom is 0.0317 e. The largest absolute Gasteiger partial charge is 0.327 e. The second-order valence-corrected chi connectivity index (χ2v) is 7.03. The fourth-order valence-corrected chi connectivity index (χ4v) is 3.61. The van der Waals surface area contributed by atoms with Crippen molar-refractivity contribution in [3.05, 3.63) is 58.1 Å². The van der Waals surface area contributed by atoms with E-state index in [-0.39, 0.29) is 6.04 Å². The molecule has 2 N–H and O–H groups in total. The third-order valence-corrected chi connectivity index (χ3v) is 5.22. The zero-order valence-electron chi connectivity index (χ0n) is 11.9. The average molecular weight is 350 g/mol. The van der Waals surface area contributed by atoms with Gasteiger partial charge in [0.05, 0.1) is 0 Å². The molecule has 0 saturated heterocycles. The van der Waals surface area contributed by atoms with Crippen molar-refractivity contribution in [1.29, 1.82) is 0 Å². The fourth-order valence-electron chi connectivity index (χ4n) is 2.01. The van der Waals surface area contributed by atoms with Gasteiger partial charge in [0.2, 0.25) is 0 Å². The van der Waals surface area contributed by atoms with Gasteiger partial charge < -0.3 is 5.73 Å². The van der Waals surface area contributed by atoms with Crippen LogP contribution >= 0.6 is 27.7 Å². The van der Waals surface area contributed by atoms with Crippen molar-refractivity contribution >= 4 is 27.7 Å². The van der Waals surface area contributed by atoms with E-state index in [1.54, 1.807) is 11.8 Å². The number of hydrogen-bond acceptors (Lipinski definition) is 2. The molecule has 0 saturated carbocycles. The van der Waals surface area contributed by atoms with Crippen LogP contribution in [0.3, 0.4) is 0 Å². The van der Waals surface area contributed by atoms with Gasteiger partial charge >= 0.3 is 0 Å². The van der Waals surface area contributed by atoms with E-state index >= 15 is 0 Å². The molecule has 0 spiro atoms. The molecule has 1 nitrogen and oxygen atoms in total. The summed E-state index contributed by atoms with van der Waals surface area (Å²) in [7, 11) is 0. The van der Waals surface area contributed by atoms with Crippen LogP contribution in [0, 0.1) is 6.92 Å². The molecule has 0 aromatic heterocycles. The molecule has 20 heavy (non-hydrogen) atoms. The van der Waals surface area contributed by atoms with Gasteiger partial charge in [-0.3, -0.25) is 0 Å². The molecular weight excluding hydrogens is 330 g/mol. The zero-order valence-corrected chi connectivity index (χ0v) is 14.3. The Hall–Kier alpha value is -0.770. The van der Waals surface area contributed by atoms with Gasteiger partial charge in [-0.1, -0.05) is 42.4 Å². The standard InChI is InChI=1S/C17H20BrNS/c1-3-14(19)10-13-7-8-17(16(18)11-13)20-15-6-4-5-12(2)9-15/h4-9,11,14H,3,10,19H2,1-2H3. The van der Waals surface area contributed by atoms with E-state index in [2.05, 4.69) is 72.2 Å². The van der Waals surface area contributed by atoms with Gasteiger partial charge in [-0.05, 0) is 65.5 Å². The summed E-state index contributed by atoms with van der Waals surface area (Å²) in [5.74, 6) is 0. The van der Waals surface area contributed by atoms with Gasteiger partial charge in [0, 0.05) is 20.3 Å². The van der Waals surface area contributed by atoms with Crippen LogP contribution in [0.25, 0.3) is 0 Å². The summed E-state index contributed by atoms with van der Waals surface area (Å²) in [4.78, 5) is 2.51. The van der Waals surface area contributed by atoms with Crippen molar-refractivity contribution in [2.75, 3.05) is 0 Å². The molecule has 0 aliphatic carbocycles. The van der Waals surface area contributed by atoms with E-state index in [4.69, 9.17) is 5.73 Å². The summed E-state index contributed by atoms with van der Waals surface area (Å²) >= 11 is 5.46. The van der Waals surface area contributed by atoms with Crippen molar-refractivity contribution in [2.45, 2.75) is 42.5 Å². The Kier molecular flexibility index (Phi) is 5.70. The van der Waals surface area contributed by atoms with Crippen molar-refractivity contribution < 1.29 is 0 Å². The Morgan fingerprint density at radius 3 is 2.65 bits per heavy atom. The minimum Gasteiger partial charge on any atom is -0.327 e. The van der Waals surface area contributed by atoms with Crippen LogP contribution in [-0.2, 0) is 6.42 Å². The Balaban J connectivity index is 2.13. The van der Waals surface area contributed by atoms with Gasteiger partial charge in [-0.15, -0.1) is 0 Å². The molecule has 1 atom stereocenters. The Morgan fingerprint density at radius 1 is 1.20 bits per heavy atom. The van der Waals surface area contributed by atoms with Crippen LogP contribution in [0.15, 0.2) is 56.7 Å². The predicted molar refractivity (Wildman–Crippen MR) is 91.4 cm³/mol. The first-order valence-corrected chi connectivity index (χ1v) is 8.48. The van der Waals surface area contributed by atoms with E-state index < -0.39 is 0 Å². The molecule has 0 fully saturated rings. The minimum atomic E-state index is 0.247. The molecule has 0 amide bonds. The van der Waals surface area contributed by atoms with Crippen molar-refractivity contribution in [2.24, 2.45) is 5.73 Å². The van der Waals surface area contributed by atoms with Gasteiger partial charge in [-0.25, -0.2) is 0 Å². The molecule has 1 unspecified atom stereocenters. The third-order valence-electron chi connectivity index (χ3n) is 3.24. The normalized spacial score (nSPS) is 12.4. The lowest BCUT2D eigenvalue weighted by atomic mass is 10.1. The number of halogens is 1. The molecular formula is C17H20BrNS. The first-order valence-electron chi connectivity index (χ1n) is 6.87. The second kappa shape index (κ2) is 7.30. The highest BCUT2D eigenvalue weighted by Crippen LogP contribution is 2.34. The monoisotopic (exact) mass is 349 g/mol. The lowest BCUT2D eigenvalue weighted by Gasteiger charge is -2.11. The fraction of sp³-hybridized carbons (Fsp3) is 0.294. The topological polar surface area (TPSA) is 26.0 Å². The maximum absolute atomic E-state index is 6.01. The second-order valence-electron chi connectivity index (χ2n) is 5.06. The summed E-state index contributed by atoms with van der Waals surface area (Å²) in [6, 6.07) is 15.4. The first-order chi connectivity index (χ1) is 9.58. The van der Waals surface area contributed by atoms with Crippen LogP contribution in [0.2, 0.25) is 0 Å². The highest BCUT2D eigenvalue weighted by Gasteiger charge is 2.06. The minimum absolute atomic E-state index is 0.247. The number of nitrogens with two attached hydrogens (primary N) is 1. The molecule has 2 rings (SSSR count). The van der Waals surface area contributed by atoms with Gasteiger partial charge in [0.15, 0.2) is 0 Å². The van der Waals surface area contributed by atoms with Gasteiger partial charge in [-0.2, -0.15) is 0 Å². The molecule has 0 aliphatic heterocycles. The third kappa shape index (κ3) is 4.37. The van der Waals surface area contributed by atoms with E-state index in [0.29, 0.717) is 0 Å². The average Bonchev–Trinajstić information content (AvgIpc) is 2.42. The van der Waals surface area contributed by atoms with Crippen LogP contribution in [0.1, 0.15) is 24.5 Å². The number of aryl methyl sites for hydroxylation is 1. The molecule has 0 heterocycles. The van der Waals surface area contributed by atoms with Crippen LogP contribution in [0.4, 0.5) is 0 Å². The molecule has 106 valence electrons. The molecule has 2 aromatic carbocycles. The zero-order chi connectivity index (χ0) is 14.5. The SMILES string of the molecule is CCC(N)Cc1ccc(Sc2cccc(C)c2)c(Br)c1. The Labute approximate surface area is 134 Å². The number of hydrogen-bond donors (Lipinski definition) is 1. The molecule has 0 bridgehead atoms. The lowest BCUT2D eigenvalue weighted by molar-refractivity contribution is 0.646. The highest BCUT2D eigenvalue weighted by molar-refractivity contribution is 9.10. The first kappa shape index (κ1) is 15.6. The van der Waals surface area contributed by atoms with E-state index in [1.807, 2.05) is 0 Å². The van der Waals surface area contributed by atoms with E-state index in [1.165, 1.54) is 20.9 Å². The summed E-state index contributed by atoms with van der Waals surface area (Å²) in [5, 5.41) is 0. The van der Waals surface area contributed by atoms with Crippen LogP contribution < -0.4 is 5.73 Å². The van der Waals surface area contributed by atoms with Crippen LogP contribution in [-0.4, -0.2) is 6.04 Å². The summed E-state index contributed by atoms with van der Waals surface area (Å²) in [6.45, 7) is 4.25. The Morgan fingerprint density at radius 2 is 2.00 bits per heavy atom. The van der Waals surface area contributed by atoms with Crippen LogP contribution in [0.5, 0.6) is 0 Å². The maximum atomic E-state index is 6.01. The number of rotatable bonds is 5. The predicted octanol–water partition coefficient (Wildman–Crippen LogP) is 5.19. The molecule has 2 aromatic rings. The van der Waals surface area contributed by atoms with Crippen molar-refractivity contribution in [1.82, 2.24) is 0 Å². The lowest BCUT2D eigenvalue weighted by Crippen LogP contribution is -2.21. The van der Waals surface area contributed by atoms with Gasteiger partial charge in [0.1, 0.15) is 0 Å². The molecule has 0 aliphatic rings. The van der Waals surface area contributed by atoms with E-state index in [0.717, 1.165) is 17.3 Å². The van der Waals surface area contributed by atoms with Crippen molar-refractivity contribution in [3.63, 3.8) is 0 Å². The van der Waals surface area contributed by atoms with Crippen molar-refractivity contribution in [3.8, 4) is 0 Å². The molecule has 0 radical (unpaired) electrons. The summed E-state index contributed by atoms with van der Waals surface area (Å²) < 4.78 is 1.14. The Bertz CT molecular complexity index is 583. The smallest absolute Gasteiger partial charge is 0.0317 e. The molecule has 3 heteroatoms. The number of benzene rings is 2. The summed E-state index contributed by atoms with van der Waals surface area (Å²) in [6.07, 6.45) is 1.95. The quantitative estimate of drug-likeness (QED) is 0.803.